The van der Waals surface area contributed by atoms with Crippen molar-refractivity contribution in [1.82, 2.24) is 4.57 Å². The molecule has 1 heterocycles. The van der Waals surface area contributed by atoms with Crippen LogP contribution in [0.15, 0.2) is 218 Å². The van der Waals surface area contributed by atoms with Gasteiger partial charge in [0.2, 0.25) is 0 Å². The molecule has 1 aliphatic carbocycles. The maximum Gasteiger partial charge on any atom is 0.123 e. The maximum absolute atomic E-state index is 13.9. The van der Waals surface area contributed by atoms with Crippen molar-refractivity contribution >= 4 is 38.9 Å². The third-order valence-electron chi connectivity index (χ3n) is 12.0. The molecular weight excluding hydrogens is 727 g/mol. The van der Waals surface area contributed by atoms with Crippen molar-refractivity contribution in [3.8, 4) is 27.9 Å². The summed E-state index contributed by atoms with van der Waals surface area (Å²) in [6.07, 6.45) is 0. The Bertz CT molecular complexity index is 3070. The standard InChI is InChI=1S/C55H36F2N2/c56-41-22-28-44(29-23-41)58(45-30-24-42(57)25-31-45)43-26-19-37(20-27-43)38-21-34-54-50(35-38)49-16-8-10-18-53(49)59(54)46-32-33-48-47-15-7-9-17-51(47)55(52(48)36-46,39-11-3-1-4-12-39)40-13-5-2-6-14-40/h1-36H. The molecule has 11 rings (SSSR count). The molecule has 10 aromatic rings. The number of hydrogen-bond donors (Lipinski definition) is 0. The Hall–Kier alpha value is -7.56. The van der Waals surface area contributed by atoms with Gasteiger partial charge in [-0.3, -0.25) is 0 Å². The topological polar surface area (TPSA) is 8.17 Å². The normalized spacial score (nSPS) is 12.7. The van der Waals surface area contributed by atoms with Gasteiger partial charge in [0.05, 0.1) is 16.4 Å². The fourth-order valence-corrected chi connectivity index (χ4v) is 9.43. The lowest BCUT2D eigenvalue weighted by atomic mass is 9.67. The molecule has 1 aromatic heterocycles. The van der Waals surface area contributed by atoms with Gasteiger partial charge in [-0.25, -0.2) is 8.78 Å². The van der Waals surface area contributed by atoms with Crippen LogP contribution >= 0.6 is 0 Å². The predicted molar refractivity (Wildman–Crippen MR) is 238 cm³/mol. The molecule has 59 heavy (non-hydrogen) atoms. The zero-order valence-corrected chi connectivity index (χ0v) is 31.9. The van der Waals surface area contributed by atoms with E-state index < -0.39 is 5.41 Å². The molecule has 4 heteroatoms. The van der Waals surface area contributed by atoms with Crippen LogP contribution in [0.3, 0.4) is 0 Å². The quantitative estimate of drug-likeness (QED) is 0.157. The first-order chi connectivity index (χ1) is 29.1. The van der Waals surface area contributed by atoms with E-state index >= 15 is 0 Å². The van der Waals surface area contributed by atoms with Gasteiger partial charge >= 0.3 is 0 Å². The fraction of sp³-hybridized carbons (Fsp3) is 0.0182. The average molecular weight is 763 g/mol. The molecule has 0 bridgehead atoms. The highest BCUT2D eigenvalue weighted by Gasteiger charge is 2.46. The molecule has 0 spiro atoms. The Morgan fingerprint density at radius 1 is 0.373 bits per heavy atom. The molecule has 0 fully saturated rings. The number of halogens is 2. The van der Waals surface area contributed by atoms with E-state index in [1.807, 2.05) is 4.90 Å². The van der Waals surface area contributed by atoms with Crippen LogP contribution in [0.4, 0.5) is 25.8 Å². The van der Waals surface area contributed by atoms with Gasteiger partial charge in [-0.1, -0.05) is 127 Å². The molecule has 0 atom stereocenters. The highest BCUT2D eigenvalue weighted by atomic mass is 19.1. The van der Waals surface area contributed by atoms with Crippen molar-refractivity contribution in [3.05, 3.63) is 252 Å². The lowest BCUT2D eigenvalue weighted by Gasteiger charge is -2.34. The summed E-state index contributed by atoms with van der Waals surface area (Å²) in [7, 11) is 0. The minimum atomic E-state index is -0.495. The lowest BCUT2D eigenvalue weighted by Crippen LogP contribution is -2.28. The Kier molecular flexibility index (Phi) is 8.12. The summed E-state index contributed by atoms with van der Waals surface area (Å²) in [5, 5.41) is 2.35. The van der Waals surface area contributed by atoms with E-state index in [2.05, 4.69) is 174 Å². The smallest absolute Gasteiger partial charge is 0.123 e. The van der Waals surface area contributed by atoms with Gasteiger partial charge in [-0.2, -0.15) is 0 Å². The van der Waals surface area contributed by atoms with Gasteiger partial charge in [0.25, 0.3) is 0 Å². The summed E-state index contributed by atoms with van der Waals surface area (Å²) in [5.41, 5.74) is 15.0. The second kappa shape index (κ2) is 13.8. The van der Waals surface area contributed by atoms with Crippen LogP contribution in [-0.2, 0) is 5.41 Å². The van der Waals surface area contributed by atoms with E-state index in [9.17, 15) is 8.78 Å². The van der Waals surface area contributed by atoms with Crippen LogP contribution in [0, 0.1) is 11.6 Å². The van der Waals surface area contributed by atoms with E-state index in [1.54, 1.807) is 24.3 Å². The number of fused-ring (bicyclic) bond motifs is 6. The number of rotatable bonds is 7. The summed E-state index contributed by atoms with van der Waals surface area (Å²) < 4.78 is 30.3. The molecule has 280 valence electrons. The first-order valence-corrected chi connectivity index (χ1v) is 19.9. The Morgan fingerprint density at radius 2 is 0.881 bits per heavy atom. The lowest BCUT2D eigenvalue weighted by molar-refractivity contribution is 0.628. The molecule has 0 N–H and O–H groups in total. The van der Waals surface area contributed by atoms with E-state index in [0.717, 1.165) is 44.9 Å². The number of hydrogen-bond acceptors (Lipinski definition) is 1. The van der Waals surface area contributed by atoms with Crippen molar-refractivity contribution in [2.24, 2.45) is 0 Å². The Labute approximate surface area is 341 Å². The van der Waals surface area contributed by atoms with Gasteiger partial charge in [0.1, 0.15) is 11.6 Å². The molecule has 0 radical (unpaired) electrons. The fourth-order valence-electron chi connectivity index (χ4n) is 9.43. The highest BCUT2D eigenvalue weighted by molar-refractivity contribution is 6.10. The highest BCUT2D eigenvalue weighted by Crippen LogP contribution is 2.56. The maximum atomic E-state index is 13.9. The van der Waals surface area contributed by atoms with E-state index in [4.69, 9.17) is 0 Å². The second-order valence-electron chi connectivity index (χ2n) is 15.2. The van der Waals surface area contributed by atoms with Gasteiger partial charge in [0, 0.05) is 33.5 Å². The number of nitrogens with zero attached hydrogens (tertiary/aromatic N) is 2. The summed E-state index contributed by atoms with van der Waals surface area (Å²) in [6, 6.07) is 74.2. The minimum Gasteiger partial charge on any atom is -0.310 e. The average Bonchev–Trinajstić information content (AvgIpc) is 3.79. The molecule has 0 saturated carbocycles. The molecule has 2 nitrogen and oxygen atoms in total. The van der Waals surface area contributed by atoms with Crippen molar-refractivity contribution in [2.75, 3.05) is 4.90 Å². The summed E-state index contributed by atoms with van der Waals surface area (Å²) >= 11 is 0. The van der Waals surface area contributed by atoms with Crippen molar-refractivity contribution in [1.29, 1.82) is 0 Å². The number of benzene rings is 9. The van der Waals surface area contributed by atoms with Gasteiger partial charge in [0.15, 0.2) is 0 Å². The molecule has 1 aliphatic rings. The molecule has 0 amide bonds. The number of para-hydroxylation sites is 1. The van der Waals surface area contributed by atoms with Gasteiger partial charge in [-0.15, -0.1) is 0 Å². The second-order valence-corrected chi connectivity index (χ2v) is 15.2. The summed E-state index contributed by atoms with van der Waals surface area (Å²) in [4.78, 5) is 2.00. The van der Waals surface area contributed by atoms with Crippen LogP contribution in [0.2, 0.25) is 0 Å². The monoisotopic (exact) mass is 762 g/mol. The zero-order chi connectivity index (χ0) is 39.5. The zero-order valence-electron chi connectivity index (χ0n) is 31.9. The van der Waals surface area contributed by atoms with E-state index in [1.165, 1.54) is 68.4 Å². The van der Waals surface area contributed by atoms with Crippen LogP contribution < -0.4 is 4.90 Å². The third kappa shape index (κ3) is 5.52. The molecule has 0 saturated heterocycles. The first-order valence-electron chi connectivity index (χ1n) is 19.9. The van der Waals surface area contributed by atoms with Crippen LogP contribution in [0.5, 0.6) is 0 Å². The van der Waals surface area contributed by atoms with E-state index in [-0.39, 0.29) is 11.6 Å². The molecule has 9 aromatic carbocycles. The van der Waals surface area contributed by atoms with Crippen molar-refractivity contribution in [2.45, 2.75) is 5.41 Å². The predicted octanol–water partition coefficient (Wildman–Crippen LogP) is 14.6. The minimum absolute atomic E-state index is 0.311. The SMILES string of the molecule is Fc1ccc(N(c2ccc(F)cc2)c2ccc(-c3ccc4c(c3)c3ccccc3n4-c3ccc4c(c3)C(c3ccccc3)(c3ccccc3)c3ccccc3-4)cc2)cc1. The summed E-state index contributed by atoms with van der Waals surface area (Å²) in [6.45, 7) is 0. The van der Waals surface area contributed by atoms with Crippen LogP contribution in [0.25, 0.3) is 49.7 Å². The number of anilines is 3. The largest absolute Gasteiger partial charge is 0.310 e. The van der Waals surface area contributed by atoms with Gasteiger partial charge < -0.3 is 9.47 Å². The molecule has 0 unspecified atom stereocenters. The van der Waals surface area contributed by atoms with Crippen molar-refractivity contribution < 1.29 is 8.78 Å². The van der Waals surface area contributed by atoms with Crippen molar-refractivity contribution in [3.63, 3.8) is 0 Å². The Balaban J connectivity index is 1.05. The van der Waals surface area contributed by atoms with E-state index in [0.29, 0.717) is 0 Å². The molecular formula is C55H36F2N2. The third-order valence-corrected chi connectivity index (χ3v) is 12.0. The Morgan fingerprint density at radius 3 is 1.53 bits per heavy atom. The van der Waals surface area contributed by atoms with Gasteiger partial charge in [-0.05, 0) is 136 Å². The molecule has 0 aliphatic heterocycles. The van der Waals surface area contributed by atoms with Crippen LogP contribution in [0.1, 0.15) is 22.3 Å². The summed E-state index contributed by atoms with van der Waals surface area (Å²) in [5.74, 6) is -0.622. The first kappa shape index (κ1) is 34.7. The number of aromatic nitrogens is 1. The van der Waals surface area contributed by atoms with Crippen LogP contribution in [-0.4, -0.2) is 4.57 Å².